The van der Waals surface area contributed by atoms with Crippen molar-refractivity contribution in [3.63, 3.8) is 0 Å². The van der Waals surface area contributed by atoms with E-state index in [9.17, 15) is 13.2 Å². The lowest BCUT2D eigenvalue weighted by Crippen LogP contribution is -2.11. The topological polar surface area (TPSA) is 17.3 Å². The maximum Gasteiger partial charge on any atom is 0.416 e. The van der Waals surface area contributed by atoms with Crippen molar-refractivity contribution in [3.8, 4) is 0 Å². The van der Waals surface area contributed by atoms with Crippen LogP contribution in [0.4, 0.5) is 13.2 Å². The summed E-state index contributed by atoms with van der Waals surface area (Å²) in [6.45, 7) is 6.27. The van der Waals surface area contributed by atoms with Crippen molar-refractivity contribution in [1.82, 2.24) is 9.38 Å². The number of aromatic nitrogens is 2. The monoisotopic (exact) mass is 342 g/mol. The van der Waals surface area contributed by atoms with Crippen LogP contribution in [-0.2, 0) is 11.6 Å². The maximum absolute atomic E-state index is 13.2. The van der Waals surface area contributed by atoms with E-state index in [4.69, 9.17) is 0 Å². The molecule has 0 amide bonds. The molecule has 0 aliphatic carbocycles. The number of rotatable bonds is 0. The number of hydrogen-bond donors (Lipinski definition) is 0. The lowest BCUT2D eigenvalue weighted by molar-refractivity contribution is -0.137. The highest BCUT2D eigenvalue weighted by molar-refractivity contribution is 6.12. The number of hydrogen-bond acceptors (Lipinski definition) is 1. The van der Waals surface area contributed by atoms with Crippen molar-refractivity contribution >= 4 is 27.3 Å². The molecule has 0 aliphatic rings. The van der Waals surface area contributed by atoms with Crippen LogP contribution in [0.25, 0.3) is 27.3 Å². The number of nitrogens with zero attached hydrogens (tertiary/aromatic N) is 2. The Labute approximate surface area is 142 Å². The van der Waals surface area contributed by atoms with Crippen molar-refractivity contribution in [3.05, 3.63) is 59.9 Å². The second-order valence-electron chi connectivity index (χ2n) is 7.36. The van der Waals surface area contributed by atoms with Gasteiger partial charge in [-0.1, -0.05) is 32.9 Å². The van der Waals surface area contributed by atoms with Crippen LogP contribution in [0.2, 0.25) is 0 Å². The molecule has 0 bridgehead atoms. The third-order valence-corrected chi connectivity index (χ3v) is 4.64. The fourth-order valence-corrected chi connectivity index (χ4v) is 3.26. The molecule has 2 heterocycles. The summed E-state index contributed by atoms with van der Waals surface area (Å²) in [5.41, 5.74) is 1.87. The standard InChI is InChI=1S/C20H17F3N2/c1-19(2,3)12-5-7-17-16(10-12)15-11-13(20(21,22)23)4-6-14(15)18-24-8-9-25(17)18/h4-11H,1-3H3. The summed E-state index contributed by atoms with van der Waals surface area (Å²) in [5.74, 6) is 0. The van der Waals surface area contributed by atoms with E-state index < -0.39 is 11.7 Å². The van der Waals surface area contributed by atoms with Gasteiger partial charge in [0.1, 0.15) is 5.65 Å². The minimum atomic E-state index is -4.37. The van der Waals surface area contributed by atoms with E-state index >= 15 is 0 Å². The largest absolute Gasteiger partial charge is 0.416 e. The highest BCUT2D eigenvalue weighted by Gasteiger charge is 2.31. The van der Waals surface area contributed by atoms with Crippen LogP contribution in [0.3, 0.4) is 0 Å². The first-order chi connectivity index (χ1) is 11.7. The van der Waals surface area contributed by atoms with E-state index in [1.807, 2.05) is 28.8 Å². The van der Waals surface area contributed by atoms with Crippen LogP contribution in [0.5, 0.6) is 0 Å². The Kier molecular flexibility index (Phi) is 3.17. The van der Waals surface area contributed by atoms with Gasteiger partial charge in [0.15, 0.2) is 0 Å². The number of pyridine rings is 1. The fourth-order valence-electron chi connectivity index (χ4n) is 3.26. The predicted octanol–water partition coefficient (Wildman–Crippen LogP) is 5.96. The first-order valence-corrected chi connectivity index (χ1v) is 8.06. The minimum absolute atomic E-state index is 0.0912. The van der Waals surface area contributed by atoms with Gasteiger partial charge in [0.05, 0.1) is 11.1 Å². The molecule has 0 atom stereocenters. The highest BCUT2D eigenvalue weighted by Crippen LogP contribution is 2.36. The van der Waals surface area contributed by atoms with Gasteiger partial charge in [-0.15, -0.1) is 0 Å². The summed E-state index contributed by atoms with van der Waals surface area (Å²) >= 11 is 0. The summed E-state index contributed by atoms with van der Waals surface area (Å²) in [6, 6.07) is 9.86. The van der Waals surface area contributed by atoms with Crippen LogP contribution < -0.4 is 0 Å². The minimum Gasteiger partial charge on any atom is -0.299 e. The summed E-state index contributed by atoms with van der Waals surface area (Å²) in [6.07, 6.45) is -0.862. The molecule has 0 saturated heterocycles. The zero-order valence-electron chi connectivity index (χ0n) is 14.1. The van der Waals surface area contributed by atoms with Crippen LogP contribution in [0.1, 0.15) is 31.9 Å². The van der Waals surface area contributed by atoms with E-state index in [0.29, 0.717) is 11.0 Å². The molecule has 2 aromatic heterocycles. The lowest BCUT2D eigenvalue weighted by Gasteiger charge is -2.20. The summed E-state index contributed by atoms with van der Waals surface area (Å²) in [5, 5.41) is 2.10. The Morgan fingerprint density at radius 3 is 2.20 bits per heavy atom. The Balaban J connectivity index is 2.21. The maximum atomic E-state index is 13.2. The Hall–Kier alpha value is -2.56. The van der Waals surface area contributed by atoms with Gasteiger partial charge in [0.25, 0.3) is 0 Å². The molecule has 0 spiro atoms. The van der Waals surface area contributed by atoms with Gasteiger partial charge < -0.3 is 0 Å². The molecular formula is C20H17F3N2. The van der Waals surface area contributed by atoms with Gasteiger partial charge in [0, 0.05) is 23.2 Å². The number of fused-ring (bicyclic) bond motifs is 6. The molecule has 2 aromatic carbocycles. The number of alkyl halides is 3. The van der Waals surface area contributed by atoms with Crippen molar-refractivity contribution in [2.45, 2.75) is 32.4 Å². The smallest absolute Gasteiger partial charge is 0.299 e. The van der Waals surface area contributed by atoms with E-state index in [1.165, 1.54) is 12.1 Å². The Morgan fingerprint density at radius 2 is 1.52 bits per heavy atom. The molecule has 128 valence electrons. The molecule has 4 rings (SSSR count). The second-order valence-corrected chi connectivity index (χ2v) is 7.36. The van der Waals surface area contributed by atoms with Crippen molar-refractivity contribution in [1.29, 1.82) is 0 Å². The first kappa shape index (κ1) is 15.9. The van der Waals surface area contributed by atoms with Gasteiger partial charge in [-0.05, 0) is 40.6 Å². The van der Waals surface area contributed by atoms with Crippen LogP contribution in [-0.4, -0.2) is 9.38 Å². The van der Waals surface area contributed by atoms with Crippen LogP contribution >= 0.6 is 0 Å². The molecule has 25 heavy (non-hydrogen) atoms. The zero-order valence-corrected chi connectivity index (χ0v) is 14.1. The summed E-state index contributed by atoms with van der Waals surface area (Å²) in [7, 11) is 0. The second kappa shape index (κ2) is 4.97. The lowest BCUT2D eigenvalue weighted by atomic mass is 9.86. The third-order valence-electron chi connectivity index (χ3n) is 4.64. The number of imidazole rings is 1. The fraction of sp³-hybridized carbons (Fsp3) is 0.250. The zero-order chi connectivity index (χ0) is 18.0. The summed E-state index contributed by atoms with van der Waals surface area (Å²) < 4.78 is 41.6. The van der Waals surface area contributed by atoms with Gasteiger partial charge >= 0.3 is 6.18 Å². The summed E-state index contributed by atoms with van der Waals surface area (Å²) in [4.78, 5) is 4.34. The molecule has 0 aliphatic heterocycles. The first-order valence-electron chi connectivity index (χ1n) is 8.06. The van der Waals surface area contributed by atoms with Crippen molar-refractivity contribution < 1.29 is 13.2 Å². The number of halogens is 3. The van der Waals surface area contributed by atoms with Gasteiger partial charge in [0.2, 0.25) is 0 Å². The molecule has 0 N–H and O–H groups in total. The Morgan fingerprint density at radius 1 is 0.840 bits per heavy atom. The average Bonchev–Trinajstić information content (AvgIpc) is 3.02. The van der Waals surface area contributed by atoms with E-state index in [0.717, 1.165) is 27.9 Å². The SMILES string of the molecule is CC(C)(C)c1ccc2c(c1)c1cc(C(F)(F)F)ccc1c1nccn21. The number of benzene rings is 2. The van der Waals surface area contributed by atoms with Crippen molar-refractivity contribution in [2.24, 2.45) is 0 Å². The van der Waals surface area contributed by atoms with Gasteiger partial charge in [-0.3, -0.25) is 4.40 Å². The molecule has 0 saturated carbocycles. The average molecular weight is 342 g/mol. The molecule has 0 radical (unpaired) electrons. The quantitative estimate of drug-likeness (QED) is 0.361. The third kappa shape index (κ3) is 2.46. The molecule has 2 nitrogen and oxygen atoms in total. The van der Waals surface area contributed by atoms with Crippen LogP contribution in [0.15, 0.2) is 48.8 Å². The van der Waals surface area contributed by atoms with Gasteiger partial charge in [-0.2, -0.15) is 13.2 Å². The molecular weight excluding hydrogens is 325 g/mol. The van der Waals surface area contributed by atoms with Crippen molar-refractivity contribution in [2.75, 3.05) is 0 Å². The Bertz CT molecular complexity index is 1030. The molecule has 0 fully saturated rings. The van der Waals surface area contributed by atoms with E-state index in [1.54, 1.807) is 6.20 Å². The normalized spacial score (nSPS) is 13.2. The predicted molar refractivity (Wildman–Crippen MR) is 93.9 cm³/mol. The van der Waals surface area contributed by atoms with Gasteiger partial charge in [-0.25, -0.2) is 4.98 Å². The van der Waals surface area contributed by atoms with E-state index in [-0.39, 0.29) is 5.41 Å². The van der Waals surface area contributed by atoms with Crippen LogP contribution in [0, 0.1) is 0 Å². The van der Waals surface area contributed by atoms with E-state index in [2.05, 4.69) is 25.8 Å². The molecule has 4 aromatic rings. The molecule has 0 unspecified atom stereocenters. The molecule has 5 heteroatoms. The highest BCUT2D eigenvalue weighted by atomic mass is 19.4.